The fourth-order valence-electron chi connectivity index (χ4n) is 2.63. The lowest BCUT2D eigenvalue weighted by Crippen LogP contribution is -2.44. The van der Waals surface area contributed by atoms with Crippen molar-refractivity contribution in [3.8, 4) is 0 Å². The maximum Gasteiger partial charge on any atom is 0.266 e. The molecule has 0 aromatic heterocycles. The first kappa shape index (κ1) is 16.0. The summed E-state index contributed by atoms with van der Waals surface area (Å²) in [5.41, 5.74) is 1.59. The Hall–Kier alpha value is -1.91. The lowest BCUT2D eigenvalue weighted by Gasteiger charge is -2.35. The minimum Gasteiger partial charge on any atom is -0.283 e. The highest BCUT2D eigenvalue weighted by Gasteiger charge is 2.42. The minimum atomic E-state index is -0.477. The van der Waals surface area contributed by atoms with Crippen molar-refractivity contribution < 1.29 is 4.79 Å². The molecule has 116 valence electrons. The van der Waals surface area contributed by atoms with Gasteiger partial charge in [0.1, 0.15) is 4.32 Å². The van der Waals surface area contributed by atoms with Crippen LogP contribution >= 0.6 is 24.0 Å². The van der Waals surface area contributed by atoms with Crippen LogP contribution in [0.25, 0.3) is 6.08 Å². The predicted octanol–water partition coefficient (Wildman–Crippen LogP) is 4.82. The molecule has 1 saturated heterocycles. The third-order valence-electron chi connectivity index (χ3n) is 3.93. The zero-order chi connectivity index (χ0) is 16.4. The van der Waals surface area contributed by atoms with Gasteiger partial charge in [-0.1, -0.05) is 84.6 Å². The van der Waals surface area contributed by atoms with E-state index in [1.54, 1.807) is 4.90 Å². The van der Waals surface area contributed by atoms with Gasteiger partial charge in [-0.25, -0.2) is 0 Å². The van der Waals surface area contributed by atoms with E-state index in [1.165, 1.54) is 11.8 Å². The molecule has 23 heavy (non-hydrogen) atoms. The van der Waals surface area contributed by atoms with Crippen molar-refractivity contribution in [3.05, 3.63) is 76.7 Å². The Morgan fingerprint density at radius 3 is 2.17 bits per heavy atom. The number of hydrogen-bond donors (Lipinski definition) is 0. The Morgan fingerprint density at radius 2 is 1.57 bits per heavy atom. The van der Waals surface area contributed by atoms with Crippen molar-refractivity contribution in [1.29, 1.82) is 0 Å². The largest absolute Gasteiger partial charge is 0.283 e. The number of hydrogen-bond acceptors (Lipinski definition) is 3. The van der Waals surface area contributed by atoms with Crippen LogP contribution in [0.3, 0.4) is 0 Å². The van der Waals surface area contributed by atoms with Crippen LogP contribution in [0.1, 0.15) is 25.0 Å². The summed E-state index contributed by atoms with van der Waals surface area (Å²) < 4.78 is 0.603. The van der Waals surface area contributed by atoms with Gasteiger partial charge in [0.2, 0.25) is 0 Å². The maximum atomic E-state index is 12.9. The van der Waals surface area contributed by atoms with Crippen LogP contribution in [-0.2, 0) is 10.3 Å². The lowest BCUT2D eigenvalue weighted by atomic mass is 9.92. The summed E-state index contributed by atoms with van der Waals surface area (Å²) in [6, 6.07) is 19.8. The molecule has 1 amide bonds. The molecule has 2 nitrogen and oxygen atoms in total. The zero-order valence-electron chi connectivity index (χ0n) is 13.0. The molecular formula is C19H17NOS2. The molecule has 1 fully saturated rings. The smallest absolute Gasteiger partial charge is 0.266 e. The first-order chi connectivity index (χ1) is 11.0. The predicted molar refractivity (Wildman–Crippen MR) is 101 cm³/mol. The molecule has 0 bridgehead atoms. The summed E-state index contributed by atoms with van der Waals surface area (Å²) in [5.74, 6) is -0.0299. The second-order valence-electron chi connectivity index (χ2n) is 5.85. The van der Waals surface area contributed by atoms with Gasteiger partial charge in [0, 0.05) is 0 Å². The summed E-state index contributed by atoms with van der Waals surface area (Å²) in [7, 11) is 0. The van der Waals surface area contributed by atoms with Gasteiger partial charge in [-0.05, 0) is 31.1 Å². The van der Waals surface area contributed by atoms with E-state index in [0.717, 1.165) is 11.1 Å². The molecule has 2 aromatic carbocycles. The lowest BCUT2D eigenvalue weighted by molar-refractivity contribution is -0.125. The minimum absolute atomic E-state index is 0.0299. The number of nitrogens with zero attached hydrogens (tertiary/aromatic N) is 1. The third-order valence-corrected chi connectivity index (χ3v) is 5.23. The van der Waals surface area contributed by atoms with E-state index in [2.05, 4.69) is 0 Å². The summed E-state index contributed by atoms with van der Waals surface area (Å²) in [6.45, 7) is 4.05. The van der Waals surface area contributed by atoms with Crippen molar-refractivity contribution >= 4 is 40.3 Å². The van der Waals surface area contributed by atoms with Crippen LogP contribution in [0, 0.1) is 0 Å². The number of amides is 1. The molecule has 1 heterocycles. The Morgan fingerprint density at radius 1 is 1.00 bits per heavy atom. The molecule has 0 spiro atoms. The van der Waals surface area contributed by atoms with E-state index in [1.807, 2.05) is 80.6 Å². The highest BCUT2D eigenvalue weighted by atomic mass is 32.2. The highest BCUT2D eigenvalue weighted by Crippen LogP contribution is 2.40. The number of carbonyl (C=O) groups is 1. The molecule has 0 atom stereocenters. The SMILES string of the molecule is CC(C)(c1ccccc1)N1C(=O)C(=Cc2ccccc2)SC1=S. The molecule has 0 unspecified atom stereocenters. The van der Waals surface area contributed by atoms with Gasteiger partial charge in [0.25, 0.3) is 5.91 Å². The van der Waals surface area contributed by atoms with E-state index < -0.39 is 5.54 Å². The number of carbonyl (C=O) groups excluding carboxylic acids is 1. The van der Waals surface area contributed by atoms with Crippen LogP contribution in [-0.4, -0.2) is 15.1 Å². The molecule has 4 heteroatoms. The molecule has 2 aromatic rings. The number of thioether (sulfide) groups is 1. The van der Waals surface area contributed by atoms with Gasteiger partial charge < -0.3 is 0 Å². The summed E-state index contributed by atoms with van der Waals surface area (Å²) in [6.07, 6.45) is 1.90. The average molecular weight is 339 g/mol. The fourth-order valence-corrected chi connectivity index (χ4v) is 4.17. The van der Waals surface area contributed by atoms with Gasteiger partial charge in [0.05, 0.1) is 10.4 Å². The maximum absolute atomic E-state index is 12.9. The summed E-state index contributed by atoms with van der Waals surface area (Å²) >= 11 is 6.85. The van der Waals surface area contributed by atoms with E-state index in [9.17, 15) is 4.79 Å². The molecule has 1 aliphatic heterocycles. The van der Waals surface area contributed by atoms with Gasteiger partial charge in [-0.3, -0.25) is 9.69 Å². The molecular weight excluding hydrogens is 322 g/mol. The Labute approximate surface area is 146 Å². The van der Waals surface area contributed by atoms with Crippen molar-refractivity contribution in [2.45, 2.75) is 19.4 Å². The second-order valence-corrected chi connectivity index (χ2v) is 7.53. The summed E-state index contributed by atoms with van der Waals surface area (Å²) in [4.78, 5) is 15.3. The Bertz CT molecular complexity index is 766. The van der Waals surface area contributed by atoms with E-state index >= 15 is 0 Å². The monoisotopic (exact) mass is 339 g/mol. The van der Waals surface area contributed by atoms with Gasteiger partial charge in [0.15, 0.2) is 0 Å². The van der Waals surface area contributed by atoms with E-state index in [-0.39, 0.29) is 5.91 Å². The zero-order valence-corrected chi connectivity index (χ0v) is 14.7. The molecule has 0 N–H and O–H groups in total. The highest BCUT2D eigenvalue weighted by molar-refractivity contribution is 8.26. The third kappa shape index (κ3) is 3.09. The average Bonchev–Trinajstić information content (AvgIpc) is 2.83. The first-order valence-corrected chi connectivity index (χ1v) is 8.61. The fraction of sp³-hybridized carbons (Fsp3) is 0.158. The molecule has 0 saturated carbocycles. The number of benzene rings is 2. The van der Waals surface area contributed by atoms with E-state index in [4.69, 9.17) is 12.2 Å². The molecule has 3 rings (SSSR count). The van der Waals surface area contributed by atoms with Crippen LogP contribution < -0.4 is 0 Å². The normalized spacial score (nSPS) is 17.1. The number of rotatable bonds is 3. The van der Waals surface area contributed by atoms with Crippen molar-refractivity contribution in [3.63, 3.8) is 0 Å². The van der Waals surface area contributed by atoms with Crippen molar-refractivity contribution in [1.82, 2.24) is 4.90 Å². The van der Waals surface area contributed by atoms with Gasteiger partial charge in [-0.15, -0.1) is 0 Å². The van der Waals surface area contributed by atoms with Crippen LogP contribution in [0.2, 0.25) is 0 Å². The standard InChI is InChI=1S/C19H17NOS2/c1-19(2,15-11-7-4-8-12-15)20-17(21)16(23-18(20)22)13-14-9-5-3-6-10-14/h3-13H,1-2H3. The van der Waals surface area contributed by atoms with Gasteiger partial charge >= 0.3 is 0 Å². The Balaban J connectivity index is 1.95. The van der Waals surface area contributed by atoms with E-state index in [0.29, 0.717) is 9.23 Å². The summed E-state index contributed by atoms with van der Waals surface area (Å²) in [5, 5.41) is 0. The van der Waals surface area contributed by atoms with Gasteiger partial charge in [-0.2, -0.15) is 0 Å². The Kier molecular flexibility index (Phi) is 4.37. The second kappa shape index (κ2) is 6.30. The van der Waals surface area contributed by atoms with Crippen molar-refractivity contribution in [2.75, 3.05) is 0 Å². The van der Waals surface area contributed by atoms with Crippen LogP contribution in [0.5, 0.6) is 0 Å². The molecule has 0 radical (unpaired) electrons. The molecule has 1 aliphatic rings. The van der Waals surface area contributed by atoms with Crippen LogP contribution in [0.4, 0.5) is 0 Å². The van der Waals surface area contributed by atoms with Crippen molar-refractivity contribution in [2.24, 2.45) is 0 Å². The molecule has 0 aliphatic carbocycles. The first-order valence-electron chi connectivity index (χ1n) is 7.39. The van der Waals surface area contributed by atoms with Crippen LogP contribution in [0.15, 0.2) is 65.6 Å². The topological polar surface area (TPSA) is 20.3 Å². The quantitative estimate of drug-likeness (QED) is 0.590. The number of thiocarbonyl (C=S) groups is 1.